The molecule has 0 aliphatic carbocycles. The van der Waals surface area contributed by atoms with E-state index in [-0.39, 0.29) is 11.1 Å². The zero-order valence-corrected chi connectivity index (χ0v) is 14.1. The fourth-order valence-electron chi connectivity index (χ4n) is 1.98. The van der Waals surface area contributed by atoms with Gasteiger partial charge in [-0.25, -0.2) is 4.79 Å². The number of carboxylic acid groups (broad SMARTS) is 1. The topological polar surface area (TPSA) is 112 Å². The Hall–Kier alpha value is -2.92. The summed E-state index contributed by atoms with van der Waals surface area (Å²) < 4.78 is 1.52. The minimum Gasteiger partial charge on any atom is -0.478 e. The van der Waals surface area contributed by atoms with Crippen molar-refractivity contribution in [1.82, 2.24) is 4.57 Å². The highest BCUT2D eigenvalue weighted by Crippen LogP contribution is 2.16. The number of rotatable bonds is 4. The van der Waals surface area contributed by atoms with Gasteiger partial charge in [0.15, 0.2) is 0 Å². The summed E-state index contributed by atoms with van der Waals surface area (Å²) in [4.78, 5) is 35.1. The Morgan fingerprint density at radius 3 is 2.50 bits per heavy atom. The zero-order chi connectivity index (χ0) is 17.9. The first-order chi connectivity index (χ1) is 11.3. The molecule has 1 aromatic heterocycles. The van der Waals surface area contributed by atoms with Crippen molar-refractivity contribution >= 4 is 33.5 Å². The smallest absolute Gasteiger partial charge is 0.335 e. The Balaban J connectivity index is 2.22. The summed E-state index contributed by atoms with van der Waals surface area (Å²) in [5, 5.41) is 20.5. The Labute approximate surface area is 145 Å². The quantitative estimate of drug-likeness (QED) is 0.833. The van der Waals surface area contributed by atoms with Gasteiger partial charge in [-0.3, -0.25) is 9.59 Å². The summed E-state index contributed by atoms with van der Waals surface area (Å²) in [7, 11) is 0. The molecule has 1 aromatic carbocycles. The summed E-state index contributed by atoms with van der Waals surface area (Å²) in [6.07, 6.45) is 1.31. The van der Waals surface area contributed by atoms with Crippen molar-refractivity contribution in [2.24, 2.45) is 0 Å². The van der Waals surface area contributed by atoms with Crippen LogP contribution in [0.2, 0.25) is 0 Å². The molecule has 1 atom stereocenters. The van der Waals surface area contributed by atoms with Crippen LogP contribution in [-0.2, 0) is 4.79 Å². The molecule has 0 aliphatic rings. The summed E-state index contributed by atoms with van der Waals surface area (Å²) in [5.74, 6) is -1.53. The van der Waals surface area contributed by atoms with Crippen molar-refractivity contribution in [3.8, 4) is 6.07 Å². The van der Waals surface area contributed by atoms with Gasteiger partial charge < -0.3 is 15.0 Å². The first kappa shape index (κ1) is 17.4. The average molecular weight is 390 g/mol. The van der Waals surface area contributed by atoms with Crippen molar-refractivity contribution in [3.05, 3.63) is 62.5 Å². The van der Waals surface area contributed by atoms with Gasteiger partial charge in [-0.05, 0) is 47.1 Å². The third-order valence-electron chi connectivity index (χ3n) is 3.35. The number of carboxylic acids is 1. The van der Waals surface area contributed by atoms with Gasteiger partial charge in [0.25, 0.3) is 5.56 Å². The highest BCUT2D eigenvalue weighted by atomic mass is 79.9. The lowest BCUT2D eigenvalue weighted by atomic mass is 10.2. The number of hydrogen-bond acceptors (Lipinski definition) is 4. The SMILES string of the molecule is CC(C(=O)Nc1ccc(C(=O)O)cc1)n1cc(C#N)c(Br)cc1=O. The monoisotopic (exact) mass is 389 g/mol. The number of halogens is 1. The molecule has 1 heterocycles. The minimum absolute atomic E-state index is 0.101. The molecule has 2 aromatic rings. The number of aromatic carboxylic acids is 1. The third kappa shape index (κ3) is 3.70. The normalized spacial score (nSPS) is 11.4. The molecule has 8 heteroatoms. The zero-order valence-electron chi connectivity index (χ0n) is 12.5. The van der Waals surface area contributed by atoms with Crippen LogP contribution in [0.4, 0.5) is 5.69 Å². The maximum atomic E-state index is 12.3. The van der Waals surface area contributed by atoms with E-state index in [1.54, 1.807) is 0 Å². The van der Waals surface area contributed by atoms with Crippen LogP contribution in [0.25, 0.3) is 0 Å². The summed E-state index contributed by atoms with van der Waals surface area (Å²) in [5.41, 5.74) is 0.316. The van der Waals surface area contributed by atoms with E-state index in [9.17, 15) is 14.4 Å². The molecular formula is C16H12BrN3O4. The Bertz CT molecular complexity index is 897. The molecule has 7 nitrogen and oxygen atoms in total. The van der Waals surface area contributed by atoms with Gasteiger partial charge >= 0.3 is 5.97 Å². The summed E-state index contributed by atoms with van der Waals surface area (Å²) >= 11 is 3.12. The van der Waals surface area contributed by atoms with Crippen molar-refractivity contribution in [2.45, 2.75) is 13.0 Å². The summed E-state index contributed by atoms with van der Waals surface area (Å²) in [6.45, 7) is 1.53. The largest absolute Gasteiger partial charge is 0.478 e. The predicted octanol–water partition coefficient (Wildman–Crippen LogP) is 2.38. The number of benzene rings is 1. The number of carbonyl (C=O) groups excluding carboxylic acids is 1. The molecule has 0 bridgehead atoms. The number of nitrogens with zero attached hydrogens (tertiary/aromatic N) is 2. The van der Waals surface area contributed by atoms with E-state index in [0.717, 1.165) is 4.57 Å². The molecule has 0 spiro atoms. The van der Waals surface area contributed by atoms with Crippen molar-refractivity contribution < 1.29 is 14.7 Å². The molecule has 0 fully saturated rings. The number of anilines is 1. The Morgan fingerprint density at radius 1 is 1.33 bits per heavy atom. The molecule has 2 N–H and O–H groups in total. The molecule has 0 saturated heterocycles. The number of hydrogen-bond donors (Lipinski definition) is 2. The number of carbonyl (C=O) groups is 2. The minimum atomic E-state index is -1.06. The first-order valence-electron chi connectivity index (χ1n) is 6.79. The van der Waals surface area contributed by atoms with Crippen molar-refractivity contribution in [3.63, 3.8) is 0 Å². The van der Waals surface area contributed by atoms with Crippen LogP contribution in [0.15, 0.2) is 45.8 Å². The van der Waals surface area contributed by atoms with Crippen LogP contribution < -0.4 is 10.9 Å². The van der Waals surface area contributed by atoms with Gasteiger partial charge in [-0.2, -0.15) is 5.26 Å². The maximum absolute atomic E-state index is 12.3. The highest BCUT2D eigenvalue weighted by molar-refractivity contribution is 9.10. The number of nitriles is 1. The molecular weight excluding hydrogens is 378 g/mol. The van der Waals surface area contributed by atoms with Crippen molar-refractivity contribution in [2.75, 3.05) is 5.32 Å². The van der Waals surface area contributed by atoms with Crippen molar-refractivity contribution in [1.29, 1.82) is 5.26 Å². The van der Waals surface area contributed by atoms with E-state index in [2.05, 4.69) is 21.2 Å². The highest BCUT2D eigenvalue weighted by Gasteiger charge is 2.18. The van der Waals surface area contributed by atoms with E-state index < -0.39 is 23.5 Å². The van der Waals surface area contributed by atoms with Crippen LogP contribution in [-0.4, -0.2) is 21.6 Å². The molecule has 0 radical (unpaired) electrons. The average Bonchev–Trinajstić information content (AvgIpc) is 2.55. The standard InChI is InChI=1S/C16H12BrN3O4/c1-9(20-8-11(7-18)13(17)6-14(20)21)15(22)19-12-4-2-10(3-5-12)16(23)24/h2-6,8-9H,1H3,(H,19,22)(H,23,24). The van der Waals surface area contributed by atoms with Gasteiger partial charge in [0.05, 0.1) is 11.1 Å². The number of nitrogens with one attached hydrogen (secondary N) is 1. The van der Waals surface area contributed by atoms with Gasteiger partial charge in [0, 0.05) is 22.4 Å². The molecule has 1 unspecified atom stereocenters. The van der Waals surface area contributed by atoms with Crippen LogP contribution in [0.3, 0.4) is 0 Å². The predicted molar refractivity (Wildman–Crippen MR) is 89.9 cm³/mol. The van der Waals surface area contributed by atoms with Gasteiger partial charge in [-0.15, -0.1) is 0 Å². The van der Waals surface area contributed by atoms with E-state index in [0.29, 0.717) is 10.2 Å². The van der Waals surface area contributed by atoms with E-state index in [4.69, 9.17) is 10.4 Å². The lowest BCUT2D eigenvalue weighted by Gasteiger charge is -2.15. The molecule has 24 heavy (non-hydrogen) atoms. The third-order valence-corrected chi connectivity index (χ3v) is 4.00. The Morgan fingerprint density at radius 2 is 1.96 bits per heavy atom. The number of pyridine rings is 1. The molecule has 0 saturated carbocycles. The second-order valence-electron chi connectivity index (χ2n) is 4.94. The first-order valence-corrected chi connectivity index (χ1v) is 7.58. The second-order valence-corrected chi connectivity index (χ2v) is 5.79. The van der Waals surface area contributed by atoms with Crippen LogP contribution in [0.1, 0.15) is 28.9 Å². The maximum Gasteiger partial charge on any atom is 0.335 e. The number of amides is 1. The molecule has 122 valence electrons. The van der Waals surface area contributed by atoms with Gasteiger partial charge in [0.1, 0.15) is 12.1 Å². The summed E-state index contributed by atoms with van der Waals surface area (Å²) in [6, 6.07) is 7.95. The lowest BCUT2D eigenvalue weighted by Crippen LogP contribution is -2.31. The van der Waals surface area contributed by atoms with Crippen LogP contribution in [0, 0.1) is 11.3 Å². The fourth-order valence-corrected chi connectivity index (χ4v) is 2.37. The fraction of sp³-hybridized carbons (Fsp3) is 0.125. The van der Waals surface area contributed by atoms with E-state index in [1.165, 1.54) is 43.5 Å². The number of aromatic nitrogens is 1. The van der Waals surface area contributed by atoms with Gasteiger partial charge in [-0.1, -0.05) is 0 Å². The van der Waals surface area contributed by atoms with Gasteiger partial charge in [0.2, 0.25) is 5.91 Å². The lowest BCUT2D eigenvalue weighted by molar-refractivity contribution is -0.118. The molecule has 0 aliphatic heterocycles. The molecule has 2 rings (SSSR count). The van der Waals surface area contributed by atoms with Crippen LogP contribution >= 0.6 is 15.9 Å². The Kier molecular flexibility index (Phi) is 5.16. The van der Waals surface area contributed by atoms with E-state index >= 15 is 0 Å². The second kappa shape index (κ2) is 7.10. The molecule has 1 amide bonds. The van der Waals surface area contributed by atoms with Crippen LogP contribution in [0.5, 0.6) is 0 Å². The van der Waals surface area contributed by atoms with E-state index in [1.807, 2.05) is 6.07 Å².